The van der Waals surface area contributed by atoms with Gasteiger partial charge in [0.15, 0.2) is 5.76 Å². The summed E-state index contributed by atoms with van der Waals surface area (Å²) < 4.78 is 5.63. The molecule has 6 heteroatoms. The van der Waals surface area contributed by atoms with E-state index in [0.29, 0.717) is 30.8 Å². The van der Waals surface area contributed by atoms with Crippen LogP contribution in [0.25, 0.3) is 0 Å². The Bertz CT molecular complexity index is 744. The molecule has 1 N–H and O–H groups in total. The number of hydrogen-bond donors (Lipinski definition) is 1. The summed E-state index contributed by atoms with van der Waals surface area (Å²) in [6, 6.07) is 2.37. The Morgan fingerprint density at radius 1 is 1.32 bits per heavy atom. The molecule has 3 atom stereocenters. The fraction of sp³-hybridized carbons (Fsp3) is 0.727. The second-order valence-corrected chi connectivity index (χ2v) is 9.09. The Hall–Kier alpha value is -1.82. The highest BCUT2D eigenvalue weighted by Crippen LogP contribution is 2.44. The molecule has 3 saturated heterocycles. The lowest BCUT2D eigenvalue weighted by atomic mass is 9.75. The van der Waals surface area contributed by atoms with Crippen molar-refractivity contribution in [3.8, 4) is 0 Å². The molecular formula is C22H33N3O3. The van der Waals surface area contributed by atoms with Crippen LogP contribution < -0.4 is 5.32 Å². The van der Waals surface area contributed by atoms with Crippen LogP contribution in [-0.4, -0.2) is 59.4 Å². The van der Waals surface area contributed by atoms with E-state index < -0.39 is 0 Å². The van der Waals surface area contributed by atoms with Crippen molar-refractivity contribution in [2.75, 3.05) is 26.2 Å². The zero-order valence-corrected chi connectivity index (χ0v) is 17.6. The van der Waals surface area contributed by atoms with Crippen LogP contribution in [0, 0.1) is 25.7 Å². The lowest BCUT2D eigenvalue weighted by Gasteiger charge is -2.42. The third kappa shape index (κ3) is 3.15. The first-order chi connectivity index (χ1) is 13.3. The van der Waals surface area contributed by atoms with E-state index >= 15 is 0 Å². The number of rotatable bonds is 4. The van der Waals surface area contributed by atoms with Crippen molar-refractivity contribution in [1.82, 2.24) is 15.1 Å². The minimum Gasteiger partial charge on any atom is -0.456 e. The fourth-order valence-electron chi connectivity index (χ4n) is 5.49. The van der Waals surface area contributed by atoms with Crippen molar-refractivity contribution < 1.29 is 14.0 Å². The van der Waals surface area contributed by atoms with Gasteiger partial charge in [0.1, 0.15) is 5.76 Å². The molecule has 0 aliphatic carbocycles. The predicted molar refractivity (Wildman–Crippen MR) is 107 cm³/mol. The van der Waals surface area contributed by atoms with Gasteiger partial charge in [0.05, 0.1) is 5.92 Å². The highest BCUT2D eigenvalue weighted by Gasteiger charge is 2.57. The molecule has 28 heavy (non-hydrogen) atoms. The van der Waals surface area contributed by atoms with Crippen molar-refractivity contribution in [3.63, 3.8) is 0 Å². The molecule has 6 nitrogen and oxygen atoms in total. The molecule has 1 spiro atoms. The number of hydrogen-bond acceptors (Lipinski definition) is 4. The second kappa shape index (κ2) is 7.21. The van der Waals surface area contributed by atoms with Crippen LogP contribution in [0.1, 0.15) is 61.4 Å². The lowest BCUT2D eigenvalue weighted by Crippen LogP contribution is -2.56. The number of carbonyl (C=O) groups is 2. The topological polar surface area (TPSA) is 65.8 Å². The first kappa shape index (κ1) is 19.5. The number of fused-ring (bicyclic) bond motifs is 2. The molecule has 1 aromatic rings. The molecule has 4 rings (SSSR count). The van der Waals surface area contributed by atoms with Gasteiger partial charge in [0, 0.05) is 43.7 Å². The van der Waals surface area contributed by atoms with Crippen LogP contribution in [-0.2, 0) is 4.79 Å². The number of nitrogens with one attached hydrogen (secondary N) is 1. The maximum atomic E-state index is 12.8. The zero-order valence-electron chi connectivity index (χ0n) is 17.6. The lowest BCUT2D eigenvalue weighted by molar-refractivity contribution is -0.123. The van der Waals surface area contributed by atoms with Gasteiger partial charge in [-0.15, -0.1) is 0 Å². The average Bonchev–Trinajstić information content (AvgIpc) is 3.32. The van der Waals surface area contributed by atoms with Crippen molar-refractivity contribution in [3.05, 3.63) is 23.2 Å². The molecule has 0 radical (unpaired) electrons. The van der Waals surface area contributed by atoms with E-state index in [1.165, 1.54) is 12.8 Å². The molecule has 2 amide bonds. The van der Waals surface area contributed by atoms with Crippen LogP contribution in [0.2, 0.25) is 0 Å². The third-order valence-corrected chi connectivity index (χ3v) is 7.42. The number of piperidine rings is 1. The Labute approximate surface area is 167 Å². The maximum Gasteiger partial charge on any atom is 0.289 e. The van der Waals surface area contributed by atoms with E-state index in [4.69, 9.17) is 4.42 Å². The van der Waals surface area contributed by atoms with Crippen LogP contribution in [0.5, 0.6) is 0 Å². The van der Waals surface area contributed by atoms with Crippen LogP contribution in [0.4, 0.5) is 0 Å². The second-order valence-electron chi connectivity index (χ2n) is 9.09. The quantitative estimate of drug-likeness (QED) is 0.863. The number of nitrogens with zero attached hydrogens (tertiary/aromatic N) is 2. The van der Waals surface area contributed by atoms with Gasteiger partial charge in [0.25, 0.3) is 5.91 Å². The smallest absolute Gasteiger partial charge is 0.289 e. The highest BCUT2D eigenvalue weighted by atomic mass is 16.4. The van der Waals surface area contributed by atoms with Gasteiger partial charge in [0.2, 0.25) is 5.91 Å². The summed E-state index contributed by atoms with van der Waals surface area (Å²) in [6.07, 6.45) is 4.02. The Kier molecular flexibility index (Phi) is 5.02. The first-order valence-electron chi connectivity index (χ1n) is 10.8. The summed E-state index contributed by atoms with van der Waals surface area (Å²) in [7, 11) is 0. The normalized spacial score (nSPS) is 27.9. The molecule has 3 fully saturated rings. The van der Waals surface area contributed by atoms with Gasteiger partial charge < -0.3 is 14.6 Å². The molecule has 0 aromatic carbocycles. The molecule has 154 valence electrons. The SMILES string of the molecule is CCCC(C)N1C[C@H]2C(=O)NC3(CCN(C(=O)c4cc(C)c(C)o4)CC3)[C@H]2C1. The summed E-state index contributed by atoms with van der Waals surface area (Å²) in [5.41, 5.74) is 0.865. The average molecular weight is 388 g/mol. The van der Waals surface area contributed by atoms with E-state index in [-0.39, 0.29) is 23.3 Å². The van der Waals surface area contributed by atoms with Crippen molar-refractivity contribution >= 4 is 11.8 Å². The number of carbonyl (C=O) groups excluding carboxylic acids is 2. The highest BCUT2D eigenvalue weighted by molar-refractivity contribution is 5.92. The van der Waals surface area contributed by atoms with E-state index in [1.807, 2.05) is 24.8 Å². The van der Waals surface area contributed by atoms with Gasteiger partial charge in [-0.1, -0.05) is 13.3 Å². The molecular weight excluding hydrogens is 354 g/mol. The Morgan fingerprint density at radius 2 is 2.04 bits per heavy atom. The Balaban J connectivity index is 1.43. The Morgan fingerprint density at radius 3 is 2.64 bits per heavy atom. The fourth-order valence-corrected chi connectivity index (χ4v) is 5.49. The molecule has 0 saturated carbocycles. The number of aryl methyl sites for hydroxylation is 2. The predicted octanol–water partition coefficient (Wildman–Crippen LogP) is 2.74. The molecule has 1 unspecified atom stereocenters. The minimum atomic E-state index is -0.145. The van der Waals surface area contributed by atoms with Crippen molar-refractivity contribution in [2.45, 2.75) is 65.0 Å². The molecule has 0 bridgehead atoms. The van der Waals surface area contributed by atoms with Gasteiger partial charge >= 0.3 is 0 Å². The number of furan rings is 1. The summed E-state index contributed by atoms with van der Waals surface area (Å²) in [4.78, 5) is 29.9. The van der Waals surface area contributed by atoms with E-state index in [9.17, 15) is 9.59 Å². The molecule has 3 aliphatic rings. The zero-order chi connectivity index (χ0) is 20.1. The van der Waals surface area contributed by atoms with Crippen LogP contribution in [0.15, 0.2) is 10.5 Å². The molecule has 1 aromatic heterocycles. The van der Waals surface area contributed by atoms with Gasteiger partial charge in [-0.3, -0.25) is 14.5 Å². The van der Waals surface area contributed by atoms with Crippen molar-refractivity contribution in [1.29, 1.82) is 0 Å². The number of likely N-dealkylation sites (tertiary alicyclic amines) is 2. The van der Waals surface area contributed by atoms with Crippen molar-refractivity contribution in [2.24, 2.45) is 11.8 Å². The molecule has 3 aliphatic heterocycles. The summed E-state index contributed by atoms with van der Waals surface area (Å²) in [5.74, 6) is 1.89. The van der Waals surface area contributed by atoms with Gasteiger partial charge in [-0.25, -0.2) is 0 Å². The van der Waals surface area contributed by atoms with Crippen LogP contribution >= 0.6 is 0 Å². The first-order valence-corrected chi connectivity index (χ1v) is 10.8. The van der Waals surface area contributed by atoms with Gasteiger partial charge in [-0.2, -0.15) is 0 Å². The van der Waals surface area contributed by atoms with Gasteiger partial charge in [-0.05, 0) is 51.7 Å². The van der Waals surface area contributed by atoms with E-state index in [1.54, 1.807) is 0 Å². The maximum absolute atomic E-state index is 12.8. The third-order valence-electron chi connectivity index (χ3n) is 7.42. The number of amides is 2. The summed E-state index contributed by atoms with van der Waals surface area (Å²) in [6.45, 7) is 11.6. The summed E-state index contributed by atoms with van der Waals surface area (Å²) in [5, 5.41) is 3.35. The monoisotopic (exact) mass is 387 g/mol. The molecule has 4 heterocycles. The van der Waals surface area contributed by atoms with E-state index in [2.05, 4.69) is 24.1 Å². The standard InChI is InChI=1S/C22H33N3O3/c1-5-6-15(3)25-12-17-18(13-25)22(23-20(17)26)7-9-24(10-8-22)21(27)19-11-14(2)16(4)28-19/h11,15,17-18H,5-10,12-13H2,1-4H3,(H,23,26)/t15?,17-,18+/m1/s1. The van der Waals surface area contributed by atoms with Crippen LogP contribution in [0.3, 0.4) is 0 Å². The van der Waals surface area contributed by atoms with E-state index in [0.717, 1.165) is 37.3 Å². The minimum absolute atomic E-state index is 0.0310. The largest absolute Gasteiger partial charge is 0.456 e. The summed E-state index contributed by atoms with van der Waals surface area (Å²) >= 11 is 0.